The first kappa shape index (κ1) is 14.8. The van der Waals surface area contributed by atoms with E-state index in [9.17, 15) is 0 Å². The first-order valence-electron chi connectivity index (χ1n) is 7.05. The number of aromatic nitrogens is 2. The Morgan fingerprint density at radius 3 is 2.50 bits per heavy atom. The van der Waals surface area contributed by atoms with Crippen LogP contribution in [0, 0.1) is 0 Å². The molecule has 112 valence electrons. The molecule has 0 radical (unpaired) electrons. The van der Waals surface area contributed by atoms with E-state index in [1.165, 1.54) is 0 Å². The van der Waals surface area contributed by atoms with Crippen molar-refractivity contribution in [3.05, 3.63) is 59.4 Å². The number of nitrogens with zero attached hydrogens (tertiary/aromatic N) is 3. The van der Waals surface area contributed by atoms with Crippen LogP contribution in [0.1, 0.15) is 5.56 Å². The molecular formula is C17H17ClN4. The van der Waals surface area contributed by atoms with Gasteiger partial charge in [-0.3, -0.25) is 0 Å². The van der Waals surface area contributed by atoms with Crippen molar-refractivity contribution in [2.24, 2.45) is 0 Å². The molecule has 0 spiro atoms. The Kier molecular flexibility index (Phi) is 4.22. The Labute approximate surface area is 134 Å². The minimum absolute atomic E-state index is 0.247. The first-order chi connectivity index (χ1) is 10.6. The fraction of sp³-hybridized carbons (Fsp3) is 0.176. The summed E-state index contributed by atoms with van der Waals surface area (Å²) in [5.74, 6) is 0.724. The lowest BCUT2D eigenvalue weighted by Gasteiger charge is -2.14. The number of para-hydroxylation sites is 2. The number of rotatable bonds is 4. The van der Waals surface area contributed by atoms with Gasteiger partial charge in [-0.25, -0.2) is 4.98 Å². The zero-order valence-electron chi connectivity index (χ0n) is 12.5. The van der Waals surface area contributed by atoms with Gasteiger partial charge in [0.15, 0.2) is 0 Å². The van der Waals surface area contributed by atoms with E-state index < -0.39 is 0 Å². The van der Waals surface area contributed by atoms with E-state index in [0.717, 1.165) is 34.5 Å². The smallest absolute Gasteiger partial charge is 0.224 e. The van der Waals surface area contributed by atoms with Crippen molar-refractivity contribution in [2.75, 3.05) is 19.4 Å². The SMILES string of the molecule is CN(C)Cc1cccc2c(Nc3ccccc3)nc(Cl)nc12. The summed E-state index contributed by atoms with van der Waals surface area (Å²) in [5.41, 5.74) is 2.98. The molecule has 0 aliphatic heterocycles. The average molecular weight is 313 g/mol. The Balaban J connectivity index is 2.10. The molecule has 1 aromatic heterocycles. The molecule has 0 saturated heterocycles. The van der Waals surface area contributed by atoms with Crippen LogP contribution >= 0.6 is 11.6 Å². The minimum atomic E-state index is 0.247. The van der Waals surface area contributed by atoms with Crippen molar-refractivity contribution in [3.8, 4) is 0 Å². The predicted molar refractivity (Wildman–Crippen MR) is 91.7 cm³/mol. The van der Waals surface area contributed by atoms with E-state index in [1.54, 1.807) is 0 Å². The predicted octanol–water partition coefficient (Wildman–Crippen LogP) is 4.09. The Morgan fingerprint density at radius 2 is 1.77 bits per heavy atom. The van der Waals surface area contributed by atoms with Gasteiger partial charge in [-0.2, -0.15) is 4.98 Å². The summed E-state index contributed by atoms with van der Waals surface area (Å²) in [7, 11) is 4.07. The lowest BCUT2D eigenvalue weighted by Crippen LogP contribution is -2.11. The van der Waals surface area contributed by atoms with E-state index in [0.29, 0.717) is 0 Å². The molecule has 3 aromatic rings. The third-order valence-corrected chi connectivity index (χ3v) is 3.47. The van der Waals surface area contributed by atoms with Gasteiger partial charge >= 0.3 is 0 Å². The molecule has 0 aliphatic carbocycles. The largest absolute Gasteiger partial charge is 0.340 e. The molecule has 0 atom stereocenters. The Bertz CT molecular complexity index is 787. The number of hydrogen-bond donors (Lipinski definition) is 1. The maximum Gasteiger partial charge on any atom is 0.224 e. The van der Waals surface area contributed by atoms with Crippen LogP contribution < -0.4 is 5.32 Å². The van der Waals surface area contributed by atoms with Crippen LogP contribution in [0.4, 0.5) is 11.5 Å². The van der Waals surface area contributed by atoms with Crippen LogP contribution in [0.25, 0.3) is 10.9 Å². The molecule has 5 heteroatoms. The normalized spacial score (nSPS) is 11.1. The van der Waals surface area contributed by atoms with Gasteiger partial charge in [-0.1, -0.05) is 30.3 Å². The zero-order valence-corrected chi connectivity index (χ0v) is 13.3. The summed E-state index contributed by atoms with van der Waals surface area (Å²) in [6.45, 7) is 0.801. The highest BCUT2D eigenvalue weighted by atomic mass is 35.5. The second-order valence-electron chi connectivity index (χ2n) is 5.38. The maximum absolute atomic E-state index is 6.12. The molecule has 0 bridgehead atoms. The fourth-order valence-electron chi connectivity index (χ4n) is 2.41. The highest BCUT2D eigenvalue weighted by Crippen LogP contribution is 2.27. The zero-order chi connectivity index (χ0) is 15.5. The highest BCUT2D eigenvalue weighted by Gasteiger charge is 2.11. The summed E-state index contributed by atoms with van der Waals surface area (Å²) in [5, 5.41) is 4.53. The average Bonchev–Trinajstić information content (AvgIpc) is 2.48. The number of anilines is 2. The number of halogens is 1. The summed E-state index contributed by atoms with van der Waals surface area (Å²) >= 11 is 6.12. The topological polar surface area (TPSA) is 41.0 Å². The van der Waals surface area contributed by atoms with E-state index in [1.807, 2.05) is 56.6 Å². The third-order valence-electron chi connectivity index (χ3n) is 3.31. The van der Waals surface area contributed by atoms with Gasteiger partial charge in [0.2, 0.25) is 5.28 Å². The van der Waals surface area contributed by atoms with Gasteiger partial charge in [-0.05, 0) is 49.5 Å². The minimum Gasteiger partial charge on any atom is -0.340 e. The number of benzene rings is 2. The molecule has 0 amide bonds. The maximum atomic E-state index is 6.12. The lowest BCUT2D eigenvalue weighted by molar-refractivity contribution is 0.404. The molecule has 1 N–H and O–H groups in total. The fourth-order valence-corrected chi connectivity index (χ4v) is 2.57. The molecule has 1 heterocycles. The molecule has 0 aliphatic rings. The number of nitrogens with one attached hydrogen (secondary N) is 1. The quantitative estimate of drug-likeness (QED) is 0.737. The molecule has 3 rings (SSSR count). The van der Waals surface area contributed by atoms with E-state index >= 15 is 0 Å². The van der Waals surface area contributed by atoms with Crippen molar-refractivity contribution in [3.63, 3.8) is 0 Å². The van der Waals surface area contributed by atoms with Crippen LogP contribution in [0.2, 0.25) is 5.28 Å². The third kappa shape index (κ3) is 3.18. The van der Waals surface area contributed by atoms with E-state index in [2.05, 4.69) is 26.3 Å². The van der Waals surface area contributed by atoms with Gasteiger partial charge in [0.1, 0.15) is 5.82 Å². The van der Waals surface area contributed by atoms with Crippen LogP contribution in [0.15, 0.2) is 48.5 Å². The molecular weight excluding hydrogens is 296 g/mol. The van der Waals surface area contributed by atoms with Crippen LogP contribution in [0.5, 0.6) is 0 Å². The van der Waals surface area contributed by atoms with Crippen molar-refractivity contribution in [2.45, 2.75) is 6.54 Å². The van der Waals surface area contributed by atoms with Gasteiger partial charge in [0.25, 0.3) is 0 Å². The second kappa shape index (κ2) is 6.30. The summed E-state index contributed by atoms with van der Waals surface area (Å²) in [4.78, 5) is 10.9. The van der Waals surface area contributed by atoms with Crippen molar-refractivity contribution >= 4 is 34.0 Å². The van der Waals surface area contributed by atoms with Crippen LogP contribution in [0.3, 0.4) is 0 Å². The molecule has 0 fully saturated rings. The second-order valence-corrected chi connectivity index (χ2v) is 5.72. The molecule has 22 heavy (non-hydrogen) atoms. The van der Waals surface area contributed by atoms with E-state index in [4.69, 9.17) is 11.6 Å². The van der Waals surface area contributed by atoms with Gasteiger partial charge < -0.3 is 10.2 Å². The Morgan fingerprint density at radius 1 is 1.00 bits per heavy atom. The van der Waals surface area contributed by atoms with E-state index in [-0.39, 0.29) is 5.28 Å². The van der Waals surface area contributed by atoms with Crippen LogP contribution in [-0.4, -0.2) is 29.0 Å². The number of fused-ring (bicyclic) bond motifs is 1. The first-order valence-corrected chi connectivity index (χ1v) is 7.43. The summed E-state index contributed by atoms with van der Waals surface area (Å²) in [6.07, 6.45) is 0. The summed E-state index contributed by atoms with van der Waals surface area (Å²) < 4.78 is 0. The molecule has 0 saturated carbocycles. The van der Waals surface area contributed by atoms with Crippen molar-refractivity contribution in [1.82, 2.24) is 14.9 Å². The molecule has 2 aromatic carbocycles. The van der Waals surface area contributed by atoms with Gasteiger partial charge in [-0.15, -0.1) is 0 Å². The molecule has 0 unspecified atom stereocenters. The number of hydrogen-bond acceptors (Lipinski definition) is 4. The highest BCUT2D eigenvalue weighted by molar-refractivity contribution is 6.28. The van der Waals surface area contributed by atoms with Crippen molar-refractivity contribution < 1.29 is 0 Å². The van der Waals surface area contributed by atoms with Gasteiger partial charge in [0.05, 0.1) is 5.52 Å². The Hall–Kier alpha value is -2.17. The standard InChI is InChI=1S/C17H17ClN4/c1-22(2)11-12-7-6-10-14-15(12)20-17(18)21-16(14)19-13-8-4-3-5-9-13/h3-10H,11H2,1-2H3,(H,19,20,21). The van der Waals surface area contributed by atoms with Crippen LogP contribution in [-0.2, 0) is 6.54 Å². The molecule has 4 nitrogen and oxygen atoms in total. The van der Waals surface area contributed by atoms with Gasteiger partial charge in [0, 0.05) is 17.6 Å². The monoisotopic (exact) mass is 312 g/mol. The summed E-state index contributed by atoms with van der Waals surface area (Å²) in [6, 6.07) is 16.0. The lowest BCUT2D eigenvalue weighted by atomic mass is 10.1. The van der Waals surface area contributed by atoms with Crippen molar-refractivity contribution in [1.29, 1.82) is 0 Å².